The molecule has 0 amide bonds. The zero-order valence-corrected chi connectivity index (χ0v) is 9.67. The lowest BCUT2D eigenvalue weighted by Crippen LogP contribution is -1.99. The summed E-state index contributed by atoms with van der Waals surface area (Å²) in [7, 11) is 1.61. The van der Waals surface area contributed by atoms with Crippen LogP contribution in [-0.2, 0) is 11.2 Å². The van der Waals surface area contributed by atoms with E-state index in [4.69, 9.17) is 9.84 Å². The molecule has 0 spiro atoms. The molecule has 0 bridgehead atoms. The molecule has 6 nitrogen and oxygen atoms in total. The summed E-state index contributed by atoms with van der Waals surface area (Å²) < 4.78 is 6.97. The Balaban J connectivity index is 2.16. The second kappa shape index (κ2) is 3.76. The second-order valence-electron chi connectivity index (χ2n) is 4.01. The highest BCUT2D eigenvalue weighted by molar-refractivity contribution is 5.81. The maximum absolute atomic E-state index is 10.6. The molecule has 2 N–H and O–H groups in total. The van der Waals surface area contributed by atoms with Crippen LogP contribution in [0.25, 0.3) is 16.8 Å². The molecular weight excluding hydrogens is 234 g/mol. The number of imidazole rings is 2. The minimum atomic E-state index is -0.870. The van der Waals surface area contributed by atoms with E-state index in [2.05, 4.69) is 9.97 Å². The van der Waals surface area contributed by atoms with Gasteiger partial charge in [0.15, 0.2) is 0 Å². The third kappa shape index (κ3) is 1.58. The van der Waals surface area contributed by atoms with Crippen LogP contribution in [0.2, 0.25) is 0 Å². The number of hydrogen-bond acceptors (Lipinski definition) is 3. The topological polar surface area (TPSA) is 79.6 Å². The molecule has 0 aliphatic carbocycles. The minimum absolute atomic E-state index is 0.0407. The lowest BCUT2D eigenvalue weighted by atomic mass is 10.3. The van der Waals surface area contributed by atoms with Gasteiger partial charge in [-0.1, -0.05) is 0 Å². The lowest BCUT2D eigenvalue weighted by molar-refractivity contribution is -0.136. The monoisotopic (exact) mass is 245 g/mol. The van der Waals surface area contributed by atoms with E-state index in [1.807, 2.05) is 22.6 Å². The van der Waals surface area contributed by atoms with Crippen LogP contribution in [0.5, 0.6) is 5.75 Å². The number of nitrogens with one attached hydrogen (secondary N) is 1. The molecule has 0 unspecified atom stereocenters. The van der Waals surface area contributed by atoms with E-state index in [0.717, 1.165) is 16.8 Å². The molecule has 6 heteroatoms. The molecule has 0 aliphatic rings. The average molecular weight is 245 g/mol. The minimum Gasteiger partial charge on any atom is -0.497 e. The summed E-state index contributed by atoms with van der Waals surface area (Å²) in [5.74, 6) is 0.508. The highest BCUT2D eigenvalue weighted by Crippen LogP contribution is 2.22. The predicted octanol–water partition coefficient (Wildman–Crippen LogP) is 1.45. The molecule has 0 saturated carbocycles. The van der Waals surface area contributed by atoms with Crippen molar-refractivity contribution < 1.29 is 14.6 Å². The van der Waals surface area contributed by atoms with Gasteiger partial charge in [-0.15, -0.1) is 0 Å². The van der Waals surface area contributed by atoms with Gasteiger partial charge in [0.2, 0.25) is 5.78 Å². The molecule has 3 rings (SSSR count). The number of benzene rings is 1. The third-order valence-electron chi connectivity index (χ3n) is 2.80. The van der Waals surface area contributed by atoms with Gasteiger partial charge in [-0.3, -0.25) is 9.20 Å². The first-order chi connectivity index (χ1) is 8.67. The summed E-state index contributed by atoms with van der Waals surface area (Å²) in [6, 6.07) is 5.58. The number of methoxy groups -OCH3 is 1. The van der Waals surface area contributed by atoms with E-state index < -0.39 is 5.97 Å². The number of hydrogen-bond donors (Lipinski definition) is 2. The van der Waals surface area contributed by atoms with Gasteiger partial charge < -0.3 is 14.8 Å². The Morgan fingerprint density at radius 2 is 2.39 bits per heavy atom. The SMILES string of the molecule is COc1ccc2c(c1)nc1[nH]c(CC(=O)O)cn12. The van der Waals surface area contributed by atoms with Crippen LogP contribution in [0.15, 0.2) is 24.4 Å². The smallest absolute Gasteiger partial charge is 0.309 e. The van der Waals surface area contributed by atoms with Crippen molar-refractivity contribution in [2.24, 2.45) is 0 Å². The molecule has 0 radical (unpaired) electrons. The van der Waals surface area contributed by atoms with E-state index in [0.29, 0.717) is 11.5 Å². The van der Waals surface area contributed by atoms with Crippen molar-refractivity contribution in [1.29, 1.82) is 0 Å². The summed E-state index contributed by atoms with van der Waals surface area (Å²) in [4.78, 5) is 18.0. The number of carbonyl (C=O) groups is 1. The predicted molar refractivity (Wildman–Crippen MR) is 64.9 cm³/mol. The molecular formula is C12H11N3O3. The van der Waals surface area contributed by atoms with Crippen LogP contribution in [0.3, 0.4) is 0 Å². The van der Waals surface area contributed by atoms with Crippen LogP contribution in [0.4, 0.5) is 0 Å². The average Bonchev–Trinajstić information content (AvgIpc) is 2.83. The lowest BCUT2D eigenvalue weighted by Gasteiger charge is -1.97. The second-order valence-corrected chi connectivity index (χ2v) is 4.01. The molecule has 18 heavy (non-hydrogen) atoms. The molecule has 0 aliphatic heterocycles. The fraction of sp³-hybridized carbons (Fsp3) is 0.167. The Hall–Kier alpha value is -2.50. The largest absolute Gasteiger partial charge is 0.497 e. The van der Waals surface area contributed by atoms with Gasteiger partial charge in [-0.25, -0.2) is 4.98 Å². The zero-order chi connectivity index (χ0) is 12.7. The Kier molecular flexibility index (Phi) is 2.22. The van der Waals surface area contributed by atoms with Crippen molar-refractivity contribution in [2.45, 2.75) is 6.42 Å². The van der Waals surface area contributed by atoms with Gasteiger partial charge in [-0.2, -0.15) is 0 Å². The summed E-state index contributed by atoms with van der Waals surface area (Å²) in [5, 5.41) is 8.74. The molecule has 2 heterocycles. The van der Waals surface area contributed by atoms with E-state index in [1.165, 1.54) is 0 Å². The van der Waals surface area contributed by atoms with E-state index in [1.54, 1.807) is 13.3 Å². The molecule has 3 aromatic rings. The van der Waals surface area contributed by atoms with Crippen molar-refractivity contribution in [3.63, 3.8) is 0 Å². The Bertz CT molecular complexity index is 742. The molecule has 92 valence electrons. The number of aliphatic carboxylic acids is 1. The number of rotatable bonds is 3. The number of carboxylic acid groups (broad SMARTS) is 1. The first-order valence-electron chi connectivity index (χ1n) is 5.43. The van der Waals surface area contributed by atoms with Gasteiger partial charge in [0, 0.05) is 18.0 Å². The molecule has 2 aromatic heterocycles. The highest BCUT2D eigenvalue weighted by Gasteiger charge is 2.10. The molecule has 0 saturated heterocycles. The Morgan fingerprint density at radius 1 is 1.56 bits per heavy atom. The van der Waals surface area contributed by atoms with Crippen molar-refractivity contribution in [1.82, 2.24) is 14.4 Å². The van der Waals surface area contributed by atoms with Crippen LogP contribution in [-0.4, -0.2) is 32.6 Å². The number of H-pyrrole nitrogens is 1. The van der Waals surface area contributed by atoms with Crippen LogP contribution >= 0.6 is 0 Å². The van der Waals surface area contributed by atoms with Gasteiger partial charge in [-0.05, 0) is 12.1 Å². The zero-order valence-electron chi connectivity index (χ0n) is 9.67. The maximum atomic E-state index is 10.6. The van der Waals surface area contributed by atoms with Crippen molar-refractivity contribution in [3.8, 4) is 5.75 Å². The van der Waals surface area contributed by atoms with E-state index in [-0.39, 0.29) is 6.42 Å². The van der Waals surface area contributed by atoms with E-state index >= 15 is 0 Å². The fourth-order valence-corrected chi connectivity index (χ4v) is 2.01. The summed E-state index contributed by atoms with van der Waals surface area (Å²) in [6.07, 6.45) is 1.71. The number of nitrogens with zero attached hydrogens (tertiary/aromatic N) is 2. The van der Waals surface area contributed by atoms with Crippen molar-refractivity contribution in [2.75, 3.05) is 7.11 Å². The van der Waals surface area contributed by atoms with Crippen LogP contribution in [0.1, 0.15) is 5.69 Å². The van der Waals surface area contributed by atoms with Gasteiger partial charge in [0.1, 0.15) is 5.75 Å². The standard InChI is InChI=1S/C12H11N3O3/c1-18-8-2-3-10-9(5-8)14-12-13-7(4-11(16)17)6-15(10)12/h2-3,5-6H,4H2,1H3,(H,13,14)(H,16,17). The van der Waals surface area contributed by atoms with Gasteiger partial charge in [0.25, 0.3) is 0 Å². The number of aromatic amines is 1. The summed E-state index contributed by atoms with van der Waals surface area (Å²) in [5.41, 5.74) is 2.35. The van der Waals surface area contributed by atoms with Crippen LogP contribution < -0.4 is 4.74 Å². The maximum Gasteiger partial charge on any atom is 0.309 e. The van der Waals surface area contributed by atoms with Gasteiger partial charge >= 0.3 is 5.97 Å². The number of ether oxygens (including phenoxy) is 1. The van der Waals surface area contributed by atoms with Crippen molar-refractivity contribution in [3.05, 3.63) is 30.1 Å². The molecule has 0 atom stereocenters. The molecule has 1 aromatic carbocycles. The normalized spacial score (nSPS) is 11.2. The molecule has 0 fully saturated rings. The summed E-state index contributed by atoms with van der Waals surface area (Å²) >= 11 is 0. The Labute approximate surface area is 102 Å². The number of fused-ring (bicyclic) bond motifs is 3. The number of carboxylic acids is 1. The first kappa shape index (κ1) is 10.6. The fourth-order valence-electron chi connectivity index (χ4n) is 2.01. The van der Waals surface area contributed by atoms with Crippen LogP contribution in [0, 0.1) is 0 Å². The number of aromatic nitrogens is 3. The first-order valence-corrected chi connectivity index (χ1v) is 5.43. The quantitative estimate of drug-likeness (QED) is 0.732. The Morgan fingerprint density at radius 3 is 3.11 bits per heavy atom. The van der Waals surface area contributed by atoms with Crippen molar-refractivity contribution >= 4 is 22.8 Å². The third-order valence-corrected chi connectivity index (χ3v) is 2.80. The van der Waals surface area contributed by atoms with E-state index in [9.17, 15) is 4.79 Å². The van der Waals surface area contributed by atoms with Gasteiger partial charge in [0.05, 0.1) is 24.6 Å². The summed E-state index contributed by atoms with van der Waals surface area (Å²) in [6.45, 7) is 0. The highest BCUT2D eigenvalue weighted by atomic mass is 16.5.